The van der Waals surface area contributed by atoms with E-state index in [-0.39, 0.29) is 5.91 Å². The van der Waals surface area contributed by atoms with Gasteiger partial charge in [-0.1, -0.05) is 11.8 Å². The summed E-state index contributed by atoms with van der Waals surface area (Å²) in [5.41, 5.74) is 1.70. The summed E-state index contributed by atoms with van der Waals surface area (Å²) in [6.07, 6.45) is 2.04. The fourth-order valence-electron chi connectivity index (χ4n) is 2.42. The summed E-state index contributed by atoms with van der Waals surface area (Å²) in [6, 6.07) is 7.61. The van der Waals surface area contributed by atoms with Crippen LogP contribution in [0.1, 0.15) is 42.6 Å². The fraction of sp³-hybridized carbons (Fsp3) is 0.500. The maximum Gasteiger partial charge on any atom is 0.253 e. The number of nitrogens with zero attached hydrogens (tertiary/aromatic N) is 1. The minimum atomic E-state index is 0.0870. The van der Waals surface area contributed by atoms with Gasteiger partial charge in [0.05, 0.1) is 0 Å². The van der Waals surface area contributed by atoms with Crippen molar-refractivity contribution in [3.63, 3.8) is 0 Å². The number of rotatable bonds is 3. The summed E-state index contributed by atoms with van der Waals surface area (Å²) in [5.74, 6) is 7.04. The van der Waals surface area contributed by atoms with Crippen molar-refractivity contribution in [1.29, 1.82) is 0 Å². The SMILES string of the molecule is CCN(CC)C(=O)c1ccc(C#CC2CCOCC2)cc1. The van der Waals surface area contributed by atoms with E-state index >= 15 is 0 Å². The molecule has 0 unspecified atom stereocenters. The van der Waals surface area contributed by atoms with Gasteiger partial charge in [0, 0.05) is 43.3 Å². The van der Waals surface area contributed by atoms with Crippen molar-refractivity contribution in [3.05, 3.63) is 35.4 Å². The summed E-state index contributed by atoms with van der Waals surface area (Å²) in [7, 11) is 0. The molecule has 0 spiro atoms. The van der Waals surface area contributed by atoms with Gasteiger partial charge in [-0.25, -0.2) is 0 Å². The average molecular weight is 285 g/mol. The molecule has 0 N–H and O–H groups in total. The van der Waals surface area contributed by atoms with E-state index < -0.39 is 0 Å². The minimum Gasteiger partial charge on any atom is -0.381 e. The Morgan fingerprint density at radius 1 is 1.19 bits per heavy atom. The lowest BCUT2D eigenvalue weighted by molar-refractivity contribution is 0.0772. The van der Waals surface area contributed by atoms with E-state index in [0.29, 0.717) is 5.92 Å². The molecule has 1 aromatic rings. The highest BCUT2D eigenvalue weighted by Gasteiger charge is 2.12. The molecule has 0 atom stereocenters. The Kier molecular flexibility index (Phi) is 5.83. The zero-order valence-corrected chi connectivity index (χ0v) is 12.9. The molecule has 0 bridgehead atoms. The Morgan fingerprint density at radius 2 is 1.81 bits per heavy atom. The van der Waals surface area contributed by atoms with Crippen LogP contribution < -0.4 is 0 Å². The van der Waals surface area contributed by atoms with Gasteiger partial charge in [-0.05, 0) is 51.0 Å². The lowest BCUT2D eigenvalue weighted by Gasteiger charge is -2.18. The van der Waals surface area contributed by atoms with E-state index in [9.17, 15) is 4.79 Å². The minimum absolute atomic E-state index is 0.0870. The zero-order chi connectivity index (χ0) is 15.1. The Morgan fingerprint density at radius 3 is 2.38 bits per heavy atom. The van der Waals surface area contributed by atoms with Crippen LogP contribution in [0.25, 0.3) is 0 Å². The van der Waals surface area contributed by atoms with E-state index in [2.05, 4.69) is 11.8 Å². The van der Waals surface area contributed by atoms with Crippen molar-refractivity contribution < 1.29 is 9.53 Å². The molecule has 0 radical (unpaired) electrons. The highest BCUT2D eigenvalue weighted by molar-refractivity contribution is 5.94. The molecule has 1 amide bonds. The first-order valence-corrected chi connectivity index (χ1v) is 7.73. The van der Waals surface area contributed by atoms with Gasteiger partial charge in [-0.3, -0.25) is 4.79 Å². The molecule has 0 aliphatic carbocycles. The van der Waals surface area contributed by atoms with E-state index in [0.717, 1.165) is 50.3 Å². The number of carbonyl (C=O) groups excluding carboxylic acids is 1. The molecular formula is C18H23NO2. The van der Waals surface area contributed by atoms with Crippen LogP contribution in [0.15, 0.2) is 24.3 Å². The molecule has 1 aliphatic heterocycles. The van der Waals surface area contributed by atoms with Crippen LogP contribution in [0.4, 0.5) is 0 Å². The number of ether oxygens (including phenoxy) is 1. The number of hydrogen-bond donors (Lipinski definition) is 0. The molecule has 0 aromatic heterocycles. The maximum absolute atomic E-state index is 12.2. The number of benzene rings is 1. The van der Waals surface area contributed by atoms with Crippen molar-refractivity contribution >= 4 is 5.91 Å². The van der Waals surface area contributed by atoms with Gasteiger partial charge < -0.3 is 9.64 Å². The second kappa shape index (κ2) is 7.85. The smallest absolute Gasteiger partial charge is 0.253 e. The van der Waals surface area contributed by atoms with Gasteiger partial charge in [0.1, 0.15) is 0 Å². The first-order valence-electron chi connectivity index (χ1n) is 7.73. The van der Waals surface area contributed by atoms with Crippen LogP contribution in [-0.2, 0) is 4.74 Å². The first-order chi connectivity index (χ1) is 10.2. The second-order valence-electron chi connectivity index (χ2n) is 5.21. The monoisotopic (exact) mass is 285 g/mol. The molecule has 1 saturated heterocycles. The molecule has 0 saturated carbocycles. The van der Waals surface area contributed by atoms with Gasteiger partial charge in [-0.15, -0.1) is 0 Å². The second-order valence-corrected chi connectivity index (χ2v) is 5.21. The largest absolute Gasteiger partial charge is 0.381 e. The highest BCUT2D eigenvalue weighted by Crippen LogP contribution is 2.14. The van der Waals surface area contributed by atoms with Crippen molar-refractivity contribution in [2.75, 3.05) is 26.3 Å². The van der Waals surface area contributed by atoms with Crippen molar-refractivity contribution in [2.24, 2.45) is 5.92 Å². The predicted octanol–water partition coefficient (Wildman–Crippen LogP) is 2.95. The topological polar surface area (TPSA) is 29.5 Å². The lowest BCUT2D eigenvalue weighted by Crippen LogP contribution is -2.30. The van der Waals surface area contributed by atoms with Crippen LogP contribution in [0, 0.1) is 17.8 Å². The Bertz CT molecular complexity index is 514. The van der Waals surface area contributed by atoms with E-state index in [1.54, 1.807) is 0 Å². The Hall–Kier alpha value is -1.79. The molecular weight excluding hydrogens is 262 g/mol. The van der Waals surface area contributed by atoms with E-state index in [1.807, 2.05) is 43.0 Å². The molecule has 112 valence electrons. The molecule has 3 nitrogen and oxygen atoms in total. The predicted molar refractivity (Wildman–Crippen MR) is 84.1 cm³/mol. The van der Waals surface area contributed by atoms with Crippen LogP contribution >= 0.6 is 0 Å². The summed E-state index contributed by atoms with van der Waals surface area (Å²) in [6.45, 7) is 7.10. The van der Waals surface area contributed by atoms with Gasteiger partial charge in [0.25, 0.3) is 5.91 Å². The first kappa shape index (κ1) is 15.6. The summed E-state index contributed by atoms with van der Waals surface area (Å²) in [5, 5.41) is 0. The zero-order valence-electron chi connectivity index (χ0n) is 12.9. The standard InChI is InChI=1S/C18H23NO2/c1-3-19(4-2)18(20)17-9-7-15(8-10-17)5-6-16-11-13-21-14-12-16/h7-10,16H,3-4,11-14H2,1-2H3. The maximum atomic E-state index is 12.2. The molecule has 2 rings (SSSR count). The Balaban J connectivity index is 2.01. The number of carbonyl (C=O) groups is 1. The van der Waals surface area contributed by atoms with Gasteiger partial charge in [0.15, 0.2) is 0 Å². The summed E-state index contributed by atoms with van der Waals surface area (Å²) in [4.78, 5) is 14.0. The lowest BCUT2D eigenvalue weighted by atomic mass is 10.0. The third-order valence-corrected chi connectivity index (χ3v) is 3.82. The van der Waals surface area contributed by atoms with Crippen LogP contribution in [0.5, 0.6) is 0 Å². The summed E-state index contributed by atoms with van der Waals surface area (Å²) >= 11 is 0. The van der Waals surface area contributed by atoms with Crippen LogP contribution in [0.2, 0.25) is 0 Å². The normalized spacial score (nSPS) is 15.1. The van der Waals surface area contributed by atoms with Crippen LogP contribution in [0.3, 0.4) is 0 Å². The van der Waals surface area contributed by atoms with Crippen LogP contribution in [-0.4, -0.2) is 37.1 Å². The molecule has 1 aliphatic rings. The molecule has 1 heterocycles. The highest BCUT2D eigenvalue weighted by atomic mass is 16.5. The third-order valence-electron chi connectivity index (χ3n) is 3.82. The fourth-order valence-corrected chi connectivity index (χ4v) is 2.42. The molecule has 21 heavy (non-hydrogen) atoms. The number of amides is 1. The van der Waals surface area contributed by atoms with E-state index in [1.165, 1.54) is 0 Å². The van der Waals surface area contributed by atoms with Crippen molar-refractivity contribution in [1.82, 2.24) is 4.90 Å². The van der Waals surface area contributed by atoms with Gasteiger partial charge >= 0.3 is 0 Å². The average Bonchev–Trinajstić information content (AvgIpc) is 2.55. The molecule has 1 aromatic carbocycles. The third kappa shape index (κ3) is 4.34. The Labute approximate surface area is 127 Å². The van der Waals surface area contributed by atoms with E-state index in [4.69, 9.17) is 4.74 Å². The quantitative estimate of drug-likeness (QED) is 0.799. The van der Waals surface area contributed by atoms with Gasteiger partial charge in [-0.2, -0.15) is 0 Å². The summed E-state index contributed by atoms with van der Waals surface area (Å²) < 4.78 is 5.33. The van der Waals surface area contributed by atoms with Crippen molar-refractivity contribution in [2.45, 2.75) is 26.7 Å². The molecule has 3 heteroatoms. The molecule has 1 fully saturated rings. The van der Waals surface area contributed by atoms with Crippen molar-refractivity contribution in [3.8, 4) is 11.8 Å². The number of hydrogen-bond acceptors (Lipinski definition) is 2. The van der Waals surface area contributed by atoms with Gasteiger partial charge in [0.2, 0.25) is 0 Å².